The maximum Gasteiger partial charge on any atom is 0.200 e. The van der Waals surface area contributed by atoms with E-state index in [1.54, 1.807) is 6.07 Å². The second kappa shape index (κ2) is 5.86. The van der Waals surface area contributed by atoms with Gasteiger partial charge in [0.05, 0.1) is 5.69 Å². The Bertz CT molecular complexity index is 1150. The van der Waals surface area contributed by atoms with Crippen molar-refractivity contribution in [3.63, 3.8) is 0 Å². The van der Waals surface area contributed by atoms with Crippen LogP contribution < -0.4 is 0 Å². The van der Waals surface area contributed by atoms with E-state index in [2.05, 4.69) is 28.4 Å². The molecule has 1 aromatic heterocycles. The summed E-state index contributed by atoms with van der Waals surface area (Å²) in [5.74, 6) is 1.02. The highest BCUT2D eigenvalue weighted by atomic mass is 32.1. The summed E-state index contributed by atoms with van der Waals surface area (Å²) >= 11 is 5.52. The minimum absolute atomic E-state index is 0.284. The Morgan fingerprint density at radius 2 is 1.76 bits per heavy atom. The fourth-order valence-electron chi connectivity index (χ4n) is 3.15. The van der Waals surface area contributed by atoms with Crippen LogP contribution in [-0.4, -0.2) is 19.9 Å². The molecular weight excluding hydrogens is 330 g/mol. The molecular formula is C20H17N3OS. The maximum absolute atomic E-state index is 9.95. The highest BCUT2D eigenvalue weighted by molar-refractivity contribution is 7.71. The van der Waals surface area contributed by atoms with E-state index < -0.39 is 0 Å². The first-order valence-corrected chi connectivity index (χ1v) is 8.43. The van der Waals surface area contributed by atoms with Crippen molar-refractivity contribution >= 4 is 23.0 Å². The second-order valence-corrected chi connectivity index (χ2v) is 6.53. The van der Waals surface area contributed by atoms with Crippen molar-refractivity contribution in [3.8, 4) is 22.8 Å². The van der Waals surface area contributed by atoms with Crippen LogP contribution in [0.2, 0.25) is 0 Å². The van der Waals surface area contributed by atoms with E-state index in [0.29, 0.717) is 4.77 Å². The number of aryl methyl sites for hydroxylation is 2. The molecule has 0 aliphatic rings. The predicted octanol–water partition coefficient (Wildman–Crippen LogP) is 5.07. The minimum Gasteiger partial charge on any atom is -0.508 e. The Balaban J connectivity index is 2.04. The van der Waals surface area contributed by atoms with E-state index in [9.17, 15) is 5.11 Å². The molecule has 0 aliphatic heterocycles. The largest absolute Gasteiger partial charge is 0.508 e. The van der Waals surface area contributed by atoms with Gasteiger partial charge in [0.25, 0.3) is 0 Å². The minimum atomic E-state index is 0.284. The summed E-state index contributed by atoms with van der Waals surface area (Å²) in [6.45, 7) is 3.83. The number of phenolic OH excluding ortho intramolecular Hbond substituents is 1. The van der Waals surface area contributed by atoms with E-state index in [0.717, 1.165) is 39.0 Å². The number of aromatic hydroxyl groups is 1. The lowest BCUT2D eigenvalue weighted by Gasteiger charge is -2.13. The molecule has 3 aromatic carbocycles. The number of hydrogen-bond acceptors (Lipinski definition) is 3. The van der Waals surface area contributed by atoms with Gasteiger partial charge >= 0.3 is 0 Å². The quantitative estimate of drug-likeness (QED) is 0.498. The van der Waals surface area contributed by atoms with Crippen LogP contribution in [0.1, 0.15) is 11.1 Å². The SMILES string of the molecule is Cc1cc(-c2n[nH]c(=S)n2-c2cccc3ccccc23)c(C)cc1O. The second-order valence-electron chi connectivity index (χ2n) is 6.14. The Morgan fingerprint density at radius 3 is 2.60 bits per heavy atom. The molecule has 25 heavy (non-hydrogen) atoms. The third kappa shape index (κ3) is 2.53. The maximum atomic E-state index is 9.95. The van der Waals surface area contributed by atoms with Gasteiger partial charge in [0.15, 0.2) is 10.6 Å². The van der Waals surface area contributed by atoms with Gasteiger partial charge in [-0.15, -0.1) is 0 Å². The van der Waals surface area contributed by atoms with Crippen LogP contribution in [0.3, 0.4) is 0 Å². The monoisotopic (exact) mass is 347 g/mol. The molecule has 0 radical (unpaired) electrons. The third-order valence-corrected chi connectivity index (χ3v) is 4.74. The lowest BCUT2D eigenvalue weighted by Crippen LogP contribution is -2.00. The van der Waals surface area contributed by atoms with Crippen molar-refractivity contribution in [2.45, 2.75) is 13.8 Å². The van der Waals surface area contributed by atoms with Gasteiger partial charge in [-0.3, -0.25) is 9.67 Å². The molecule has 0 saturated carbocycles. The van der Waals surface area contributed by atoms with Gasteiger partial charge in [-0.1, -0.05) is 36.4 Å². The van der Waals surface area contributed by atoms with Crippen LogP contribution in [-0.2, 0) is 0 Å². The van der Waals surface area contributed by atoms with Crippen LogP contribution in [0.25, 0.3) is 27.8 Å². The summed E-state index contributed by atoms with van der Waals surface area (Å²) < 4.78 is 2.49. The summed E-state index contributed by atoms with van der Waals surface area (Å²) in [4.78, 5) is 0. The first kappa shape index (κ1) is 15.6. The topological polar surface area (TPSA) is 53.8 Å². The number of nitrogens with zero attached hydrogens (tertiary/aromatic N) is 2. The van der Waals surface area contributed by atoms with Gasteiger partial charge in [0.2, 0.25) is 0 Å². The van der Waals surface area contributed by atoms with Crippen LogP contribution in [0, 0.1) is 18.6 Å². The molecule has 5 heteroatoms. The fraction of sp³-hybridized carbons (Fsp3) is 0.100. The molecule has 1 heterocycles. The molecule has 0 saturated heterocycles. The van der Waals surface area contributed by atoms with Gasteiger partial charge in [-0.05, 0) is 60.8 Å². The number of rotatable bonds is 2. The lowest BCUT2D eigenvalue weighted by atomic mass is 10.0. The van der Waals surface area contributed by atoms with Crippen LogP contribution in [0.15, 0.2) is 54.6 Å². The number of H-pyrrole nitrogens is 1. The molecule has 0 bridgehead atoms. The third-order valence-electron chi connectivity index (χ3n) is 4.46. The number of aromatic nitrogens is 3. The molecule has 0 amide bonds. The molecule has 2 N–H and O–H groups in total. The van der Waals surface area contributed by atoms with Crippen molar-refractivity contribution in [1.82, 2.24) is 14.8 Å². The highest BCUT2D eigenvalue weighted by Crippen LogP contribution is 2.31. The van der Waals surface area contributed by atoms with Crippen LogP contribution >= 0.6 is 12.2 Å². The zero-order valence-electron chi connectivity index (χ0n) is 13.9. The Morgan fingerprint density at radius 1 is 1.00 bits per heavy atom. The van der Waals surface area contributed by atoms with Gasteiger partial charge in [-0.2, -0.15) is 5.10 Å². The van der Waals surface area contributed by atoms with Gasteiger partial charge in [0.1, 0.15) is 5.75 Å². The lowest BCUT2D eigenvalue weighted by molar-refractivity contribution is 0.471. The van der Waals surface area contributed by atoms with Crippen molar-refractivity contribution in [2.75, 3.05) is 0 Å². The van der Waals surface area contributed by atoms with Gasteiger partial charge in [-0.25, -0.2) is 0 Å². The van der Waals surface area contributed by atoms with E-state index in [-0.39, 0.29) is 5.75 Å². The number of aromatic amines is 1. The van der Waals surface area contributed by atoms with Gasteiger partial charge in [0, 0.05) is 10.9 Å². The predicted molar refractivity (Wildman–Crippen MR) is 103 cm³/mol. The smallest absolute Gasteiger partial charge is 0.200 e. The van der Waals surface area contributed by atoms with E-state index in [1.165, 1.54) is 0 Å². The molecule has 124 valence electrons. The van der Waals surface area contributed by atoms with Crippen LogP contribution in [0.5, 0.6) is 5.75 Å². The Labute approximate surface area is 150 Å². The number of phenols is 1. The highest BCUT2D eigenvalue weighted by Gasteiger charge is 2.16. The summed E-state index contributed by atoms with van der Waals surface area (Å²) in [5.41, 5.74) is 3.67. The summed E-state index contributed by atoms with van der Waals surface area (Å²) in [6, 6.07) is 18.0. The average Bonchev–Trinajstić information content (AvgIpc) is 2.99. The molecule has 0 unspecified atom stereocenters. The van der Waals surface area contributed by atoms with Crippen LogP contribution in [0.4, 0.5) is 0 Å². The average molecular weight is 347 g/mol. The van der Waals surface area contributed by atoms with Crippen molar-refractivity contribution in [3.05, 3.63) is 70.5 Å². The number of nitrogens with one attached hydrogen (secondary N) is 1. The van der Waals surface area contributed by atoms with E-state index >= 15 is 0 Å². The molecule has 0 atom stereocenters. The standard InChI is InChI=1S/C20H17N3OS/c1-12-11-18(24)13(2)10-16(12)19-21-22-20(25)23(19)17-9-5-7-14-6-3-4-8-15(14)17/h3-11,24H,1-2H3,(H,22,25). The molecule has 4 aromatic rings. The number of hydrogen-bond donors (Lipinski definition) is 2. The zero-order valence-corrected chi connectivity index (χ0v) is 14.8. The molecule has 0 fully saturated rings. The fourth-order valence-corrected chi connectivity index (χ4v) is 3.38. The zero-order chi connectivity index (χ0) is 17.6. The summed E-state index contributed by atoms with van der Waals surface area (Å²) in [7, 11) is 0. The Hall–Kier alpha value is -2.92. The summed E-state index contributed by atoms with van der Waals surface area (Å²) in [5, 5.41) is 19.6. The molecule has 0 spiro atoms. The molecule has 0 aliphatic carbocycles. The number of benzene rings is 3. The first-order valence-electron chi connectivity index (χ1n) is 8.02. The van der Waals surface area contributed by atoms with Crippen molar-refractivity contribution < 1.29 is 5.11 Å². The first-order chi connectivity index (χ1) is 12.1. The van der Waals surface area contributed by atoms with Crippen molar-refractivity contribution in [2.24, 2.45) is 0 Å². The van der Waals surface area contributed by atoms with E-state index in [1.807, 2.05) is 48.7 Å². The van der Waals surface area contributed by atoms with E-state index in [4.69, 9.17) is 12.2 Å². The Kier molecular flexibility index (Phi) is 3.66. The number of fused-ring (bicyclic) bond motifs is 1. The normalized spacial score (nSPS) is 11.1. The summed E-state index contributed by atoms with van der Waals surface area (Å²) in [6.07, 6.45) is 0. The van der Waals surface area contributed by atoms with Crippen molar-refractivity contribution in [1.29, 1.82) is 0 Å². The molecule has 4 nitrogen and oxygen atoms in total. The van der Waals surface area contributed by atoms with Gasteiger partial charge < -0.3 is 5.11 Å². The molecule has 4 rings (SSSR count).